The van der Waals surface area contributed by atoms with E-state index in [2.05, 4.69) is 18.3 Å². The van der Waals surface area contributed by atoms with Crippen LogP contribution in [0.25, 0.3) is 0 Å². The third kappa shape index (κ3) is 3.80. The Balaban J connectivity index is 1.55. The molecule has 0 spiro atoms. The number of nitrogens with one attached hydrogen (secondary N) is 1. The number of amides is 1. The van der Waals surface area contributed by atoms with Gasteiger partial charge in [-0.3, -0.25) is 4.79 Å². The Kier molecular flexibility index (Phi) is 4.98. The van der Waals surface area contributed by atoms with Crippen LogP contribution in [0.3, 0.4) is 0 Å². The van der Waals surface area contributed by atoms with E-state index in [-0.39, 0.29) is 11.9 Å². The summed E-state index contributed by atoms with van der Waals surface area (Å²) in [6, 6.07) is 6.14. The van der Waals surface area contributed by atoms with Gasteiger partial charge in [-0.25, -0.2) is 0 Å². The van der Waals surface area contributed by atoms with Crippen LogP contribution < -0.4 is 5.32 Å². The lowest BCUT2D eigenvalue weighted by atomic mass is 10.1. The van der Waals surface area contributed by atoms with Gasteiger partial charge in [0.1, 0.15) is 5.76 Å². The predicted octanol–water partition coefficient (Wildman–Crippen LogP) is 4.36. The molecule has 2 heterocycles. The zero-order valence-corrected chi connectivity index (χ0v) is 13.9. The number of carbonyl (C=O) groups excluding carboxylic acids is 1. The zero-order chi connectivity index (χ0) is 15.4. The molecule has 2 aromatic rings. The van der Waals surface area contributed by atoms with Crippen molar-refractivity contribution in [3.05, 3.63) is 45.5 Å². The Morgan fingerprint density at radius 2 is 2.23 bits per heavy atom. The van der Waals surface area contributed by atoms with Crippen molar-refractivity contribution in [1.82, 2.24) is 5.32 Å². The molecule has 0 bridgehead atoms. The molecule has 0 radical (unpaired) electrons. The van der Waals surface area contributed by atoms with Gasteiger partial charge in [0.05, 0.1) is 11.1 Å². The standard InChI is InChI=1S/C18H23NO2S/c1-13(9-10-15-7-5-11-21-15)19-18(20)17-12-14-6-3-2-4-8-16(14)22-17/h5,7,11-13H,2-4,6,8-10H2,1H3,(H,19,20). The van der Waals surface area contributed by atoms with Gasteiger partial charge in [-0.15, -0.1) is 11.3 Å². The summed E-state index contributed by atoms with van der Waals surface area (Å²) in [6.07, 6.45) is 9.54. The molecular weight excluding hydrogens is 294 g/mol. The molecule has 0 saturated carbocycles. The second-order valence-corrected chi connectivity index (χ2v) is 7.25. The van der Waals surface area contributed by atoms with Gasteiger partial charge in [-0.1, -0.05) is 6.42 Å². The summed E-state index contributed by atoms with van der Waals surface area (Å²) in [5, 5.41) is 3.11. The first kappa shape index (κ1) is 15.3. The normalized spacial score (nSPS) is 15.9. The van der Waals surface area contributed by atoms with E-state index < -0.39 is 0 Å². The van der Waals surface area contributed by atoms with Gasteiger partial charge in [-0.05, 0) is 62.8 Å². The Labute approximate surface area is 135 Å². The molecule has 0 saturated heterocycles. The van der Waals surface area contributed by atoms with Crippen molar-refractivity contribution in [2.45, 2.75) is 57.9 Å². The summed E-state index contributed by atoms with van der Waals surface area (Å²) < 4.78 is 5.33. The average Bonchev–Trinajstić information content (AvgIpc) is 3.11. The van der Waals surface area contributed by atoms with Gasteiger partial charge in [-0.2, -0.15) is 0 Å². The summed E-state index contributed by atoms with van der Waals surface area (Å²) in [7, 11) is 0. The van der Waals surface area contributed by atoms with E-state index in [1.165, 1.54) is 29.7 Å². The molecule has 0 fully saturated rings. The topological polar surface area (TPSA) is 42.2 Å². The molecule has 118 valence electrons. The maximum absolute atomic E-state index is 12.4. The van der Waals surface area contributed by atoms with E-state index in [1.807, 2.05) is 12.1 Å². The maximum Gasteiger partial charge on any atom is 0.261 e. The quantitative estimate of drug-likeness (QED) is 0.833. The zero-order valence-electron chi connectivity index (χ0n) is 13.1. The summed E-state index contributed by atoms with van der Waals surface area (Å²) in [5.41, 5.74) is 1.40. The third-order valence-electron chi connectivity index (χ3n) is 4.25. The summed E-state index contributed by atoms with van der Waals surface area (Å²) in [4.78, 5) is 14.7. The molecule has 1 aliphatic rings. The van der Waals surface area contributed by atoms with Gasteiger partial charge in [0, 0.05) is 17.3 Å². The van der Waals surface area contributed by atoms with Gasteiger partial charge in [0.25, 0.3) is 5.91 Å². The van der Waals surface area contributed by atoms with Crippen molar-refractivity contribution in [2.75, 3.05) is 0 Å². The molecular formula is C18H23NO2S. The van der Waals surface area contributed by atoms with Crippen molar-refractivity contribution >= 4 is 17.2 Å². The van der Waals surface area contributed by atoms with Crippen LogP contribution in [0.2, 0.25) is 0 Å². The number of thiophene rings is 1. The van der Waals surface area contributed by atoms with Crippen molar-refractivity contribution in [1.29, 1.82) is 0 Å². The van der Waals surface area contributed by atoms with Crippen LogP contribution in [0.4, 0.5) is 0 Å². The molecule has 1 aliphatic carbocycles. The van der Waals surface area contributed by atoms with E-state index in [1.54, 1.807) is 17.6 Å². The first-order chi connectivity index (χ1) is 10.7. The lowest BCUT2D eigenvalue weighted by Crippen LogP contribution is -2.32. The van der Waals surface area contributed by atoms with Crippen molar-refractivity contribution in [2.24, 2.45) is 0 Å². The highest BCUT2D eigenvalue weighted by molar-refractivity contribution is 7.14. The fourth-order valence-corrected chi connectivity index (χ4v) is 4.12. The van der Waals surface area contributed by atoms with Crippen molar-refractivity contribution in [3.63, 3.8) is 0 Å². The second-order valence-electron chi connectivity index (χ2n) is 6.11. The molecule has 22 heavy (non-hydrogen) atoms. The molecule has 2 aromatic heterocycles. The van der Waals surface area contributed by atoms with Gasteiger partial charge >= 0.3 is 0 Å². The van der Waals surface area contributed by atoms with Gasteiger partial charge < -0.3 is 9.73 Å². The van der Waals surface area contributed by atoms with Crippen LogP contribution in [0.5, 0.6) is 0 Å². The molecule has 0 aliphatic heterocycles. The first-order valence-electron chi connectivity index (χ1n) is 8.17. The summed E-state index contributed by atoms with van der Waals surface area (Å²) in [6.45, 7) is 2.05. The number of hydrogen-bond acceptors (Lipinski definition) is 3. The second kappa shape index (κ2) is 7.14. The molecule has 3 rings (SSSR count). The number of furan rings is 1. The largest absolute Gasteiger partial charge is 0.469 e. The average molecular weight is 317 g/mol. The molecule has 0 aromatic carbocycles. The molecule has 3 nitrogen and oxygen atoms in total. The Bertz CT molecular complexity index is 592. The Morgan fingerprint density at radius 3 is 3.05 bits per heavy atom. The molecule has 1 unspecified atom stereocenters. The fourth-order valence-electron chi connectivity index (χ4n) is 2.96. The van der Waals surface area contributed by atoms with E-state index in [4.69, 9.17) is 4.42 Å². The predicted molar refractivity (Wildman–Crippen MR) is 89.5 cm³/mol. The van der Waals surface area contributed by atoms with Crippen LogP contribution >= 0.6 is 11.3 Å². The highest BCUT2D eigenvalue weighted by Crippen LogP contribution is 2.29. The number of aryl methyl sites for hydroxylation is 3. The highest BCUT2D eigenvalue weighted by atomic mass is 32.1. The molecule has 1 N–H and O–H groups in total. The SMILES string of the molecule is CC(CCc1ccco1)NC(=O)c1cc2c(s1)CCCCC2. The maximum atomic E-state index is 12.4. The molecule has 1 amide bonds. The summed E-state index contributed by atoms with van der Waals surface area (Å²) >= 11 is 1.68. The van der Waals surface area contributed by atoms with Crippen molar-refractivity contribution in [3.8, 4) is 0 Å². The van der Waals surface area contributed by atoms with Crippen LogP contribution in [0, 0.1) is 0 Å². The van der Waals surface area contributed by atoms with Crippen LogP contribution in [0.1, 0.15) is 58.5 Å². The first-order valence-corrected chi connectivity index (χ1v) is 8.99. The molecule has 4 heteroatoms. The fraction of sp³-hybridized carbons (Fsp3) is 0.500. The number of carbonyl (C=O) groups is 1. The lowest BCUT2D eigenvalue weighted by Gasteiger charge is -2.12. The van der Waals surface area contributed by atoms with Gasteiger partial charge in [0.15, 0.2) is 0 Å². The minimum absolute atomic E-state index is 0.0741. The van der Waals surface area contributed by atoms with Crippen molar-refractivity contribution < 1.29 is 9.21 Å². The van der Waals surface area contributed by atoms with Crippen LogP contribution in [-0.2, 0) is 19.3 Å². The smallest absolute Gasteiger partial charge is 0.261 e. The minimum atomic E-state index is 0.0741. The van der Waals surface area contributed by atoms with Crippen LogP contribution in [-0.4, -0.2) is 11.9 Å². The third-order valence-corrected chi connectivity index (χ3v) is 5.49. The monoisotopic (exact) mass is 317 g/mol. The minimum Gasteiger partial charge on any atom is -0.469 e. The number of hydrogen-bond donors (Lipinski definition) is 1. The summed E-state index contributed by atoms with van der Waals surface area (Å²) in [5.74, 6) is 1.05. The lowest BCUT2D eigenvalue weighted by molar-refractivity contribution is 0.0942. The van der Waals surface area contributed by atoms with E-state index in [9.17, 15) is 4.79 Å². The number of rotatable bonds is 5. The van der Waals surface area contributed by atoms with E-state index >= 15 is 0 Å². The van der Waals surface area contributed by atoms with Crippen LogP contribution in [0.15, 0.2) is 28.9 Å². The Hall–Kier alpha value is -1.55. The van der Waals surface area contributed by atoms with Gasteiger partial charge in [0.2, 0.25) is 0 Å². The highest BCUT2D eigenvalue weighted by Gasteiger charge is 2.17. The van der Waals surface area contributed by atoms with E-state index in [0.29, 0.717) is 0 Å². The Morgan fingerprint density at radius 1 is 1.36 bits per heavy atom. The molecule has 1 atom stereocenters. The number of fused-ring (bicyclic) bond motifs is 1. The van der Waals surface area contributed by atoms with E-state index in [0.717, 1.165) is 36.3 Å².